The number of carboxylic acids is 1. The van der Waals surface area contributed by atoms with Crippen LogP contribution in [0.25, 0.3) is 11.3 Å². The van der Waals surface area contributed by atoms with E-state index in [1.807, 2.05) is 55.5 Å². The highest BCUT2D eigenvalue weighted by Crippen LogP contribution is 2.25. The van der Waals surface area contributed by atoms with Crippen LogP contribution in [0.2, 0.25) is 0 Å². The van der Waals surface area contributed by atoms with Gasteiger partial charge in [0.2, 0.25) is 0 Å². The molecule has 1 amide bonds. The summed E-state index contributed by atoms with van der Waals surface area (Å²) in [6.45, 7) is 5.56. The summed E-state index contributed by atoms with van der Waals surface area (Å²) in [7, 11) is 0. The molecule has 0 saturated heterocycles. The summed E-state index contributed by atoms with van der Waals surface area (Å²) in [4.78, 5) is 25.7. The summed E-state index contributed by atoms with van der Waals surface area (Å²) >= 11 is 0. The van der Waals surface area contributed by atoms with Crippen molar-refractivity contribution in [3.8, 4) is 17.1 Å². The van der Waals surface area contributed by atoms with Crippen LogP contribution >= 0.6 is 0 Å². The predicted molar refractivity (Wildman–Crippen MR) is 132 cm³/mol. The Bertz CT molecular complexity index is 1100. The first-order valence-corrected chi connectivity index (χ1v) is 11.6. The Hall–Kier alpha value is -3.54. The normalized spacial score (nSPS) is 12.6. The Morgan fingerprint density at radius 3 is 2.41 bits per heavy atom. The maximum Gasteiger partial charge on any atom is 0.303 e. The summed E-state index contributed by atoms with van der Waals surface area (Å²) in [5, 5.41) is 8.80. The zero-order chi connectivity index (χ0) is 25.4. The minimum atomic E-state index is -1.16. The van der Waals surface area contributed by atoms with Crippen molar-refractivity contribution in [1.29, 1.82) is 0 Å². The van der Waals surface area contributed by atoms with Crippen LogP contribution in [-0.4, -0.2) is 34.0 Å². The fraction of sp³-hybridized carbons (Fsp3) is 0.357. The van der Waals surface area contributed by atoms with Crippen molar-refractivity contribution >= 4 is 11.9 Å². The van der Waals surface area contributed by atoms with Gasteiger partial charge in [-0.05, 0) is 70.4 Å². The molecule has 3 rings (SSSR count). The molecule has 1 atom stereocenters. The molecule has 6 nitrogen and oxygen atoms in total. The van der Waals surface area contributed by atoms with Crippen molar-refractivity contribution in [2.75, 3.05) is 0 Å². The van der Waals surface area contributed by atoms with E-state index < -0.39 is 12.0 Å². The smallest absolute Gasteiger partial charge is 0.303 e. The number of amides is 1. The number of benzene rings is 2. The van der Waals surface area contributed by atoms with Gasteiger partial charge in [-0.3, -0.25) is 9.59 Å². The summed E-state index contributed by atoms with van der Waals surface area (Å²) in [6, 6.07) is 17.2. The van der Waals surface area contributed by atoms with Gasteiger partial charge in [-0.1, -0.05) is 30.3 Å². The molecule has 1 aromatic heterocycles. The lowest BCUT2D eigenvalue weighted by atomic mass is 10.1. The number of para-hydroxylation sites is 1. The van der Waals surface area contributed by atoms with E-state index in [9.17, 15) is 9.59 Å². The van der Waals surface area contributed by atoms with E-state index in [-0.39, 0.29) is 25.0 Å². The summed E-state index contributed by atoms with van der Waals surface area (Å²) < 4.78 is 20.2. The van der Waals surface area contributed by atoms with E-state index in [0.29, 0.717) is 17.7 Å². The Balaban J connectivity index is 1.73. The minimum absolute atomic E-state index is 0.104. The number of unbranched alkanes of at least 4 members (excludes halogenated alkanes) is 1. The first kappa shape index (κ1) is 23.6. The van der Waals surface area contributed by atoms with E-state index >= 15 is 0 Å². The number of hydrogen-bond donors (Lipinski definition) is 1. The Labute approximate surface area is 202 Å². The molecule has 180 valence electrons. The van der Waals surface area contributed by atoms with Crippen LogP contribution < -0.4 is 4.74 Å². The summed E-state index contributed by atoms with van der Waals surface area (Å²) in [5.74, 6) is 0.355. The number of furan rings is 1. The molecule has 1 unspecified atom stereocenters. The quantitative estimate of drug-likeness (QED) is 0.313. The Morgan fingerprint density at radius 2 is 1.76 bits per heavy atom. The monoisotopic (exact) mass is 464 g/mol. The van der Waals surface area contributed by atoms with Crippen LogP contribution in [0.3, 0.4) is 0 Å². The Morgan fingerprint density at radius 1 is 1.03 bits per heavy atom. The molecule has 2 aromatic carbocycles. The van der Waals surface area contributed by atoms with Gasteiger partial charge < -0.3 is 19.2 Å². The first-order chi connectivity index (χ1) is 16.6. The molecule has 0 aliphatic carbocycles. The number of carbonyl (C=O) groups excluding carboxylic acids is 1. The summed E-state index contributed by atoms with van der Waals surface area (Å²) in [6.07, 6.45) is 3.76. The number of ether oxygens (including phenoxy) is 1. The van der Waals surface area contributed by atoms with E-state index in [1.54, 1.807) is 32.2 Å². The lowest BCUT2D eigenvalue weighted by Gasteiger charge is -2.28. The number of carboxylic acid groups (broad SMARTS) is 1. The highest BCUT2D eigenvalue weighted by molar-refractivity contribution is 5.94. The number of aliphatic carboxylic acids is 1. The third-order valence-corrected chi connectivity index (χ3v) is 5.60. The molecule has 0 bridgehead atoms. The maximum atomic E-state index is 13.5. The fourth-order valence-electron chi connectivity index (χ4n) is 3.71. The van der Waals surface area contributed by atoms with Gasteiger partial charge in [-0.25, -0.2) is 0 Å². The number of rotatable bonds is 12. The van der Waals surface area contributed by atoms with E-state index in [4.69, 9.17) is 15.6 Å². The van der Waals surface area contributed by atoms with Crippen molar-refractivity contribution < 1.29 is 25.2 Å². The molecule has 1 N–H and O–H groups in total. The van der Waals surface area contributed by atoms with Crippen LogP contribution in [0, 0.1) is 0 Å². The second-order valence-corrected chi connectivity index (χ2v) is 8.57. The van der Waals surface area contributed by atoms with Crippen molar-refractivity contribution in [3.05, 3.63) is 78.1 Å². The van der Waals surface area contributed by atoms with Crippen molar-refractivity contribution in [2.45, 2.75) is 65.1 Å². The van der Waals surface area contributed by atoms with Crippen molar-refractivity contribution in [1.82, 2.24) is 4.90 Å². The average molecular weight is 465 g/mol. The van der Waals surface area contributed by atoms with Gasteiger partial charge in [-0.2, -0.15) is 0 Å². The molecule has 6 heteroatoms. The lowest BCUT2D eigenvalue weighted by Crippen LogP contribution is -2.36. The molecule has 0 saturated carbocycles. The van der Waals surface area contributed by atoms with E-state index in [1.165, 1.54) is 4.90 Å². The van der Waals surface area contributed by atoms with Gasteiger partial charge >= 0.3 is 5.97 Å². The molecule has 0 aliphatic rings. The molecule has 1 heterocycles. The molecule has 34 heavy (non-hydrogen) atoms. The van der Waals surface area contributed by atoms with Crippen molar-refractivity contribution in [2.24, 2.45) is 0 Å². The molecular weight excluding hydrogens is 430 g/mol. The fourth-order valence-corrected chi connectivity index (χ4v) is 3.71. The number of carbonyl (C=O) groups is 2. The third kappa shape index (κ3) is 6.98. The van der Waals surface area contributed by atoms with E-state index in [0.717, 1.165) is 29.7 Å². The second kappa shape index (κ2) is 12.1. The molecule has 0 fully saturated rings. The van der Waals surface area contributed by atoms with Gasteiger partial charge in [0, 0.05) is 35.7 Å². The zero-order valence-corrected chi connectivity index (χ0v) is 20.0. The molecular formula is C28H33NO5. The first-order valence-electron chi connectivity index (χ1n) is 12.1. The second-order valence-electron chi connectivity index (χ2n) is 8.57. The highest BCUT2D eigenvalue weighted by atomic mass is 16.5. The topological polar surface area (TPSA) is 80.0 Å². The van der Waals surface area contributed by atoms with Crippen LogP contribution in [0.4, 0.5) is 0 Å². The zero-order valence-electron chi connectivity index (χ0n) is 21.0. The molecule has 0 radical (unpaired) electrons. The minimum Gasteiger partial charge on any atom is -0.490 e. The standard InChI is InChI=1S/C28H33NO5/c1-20(2)29(28(32)23-16-14-22(15-17-23)25-12-8-18-33-25)19-24-10-5-6-11-26(24)34-21(3)9-4-7-13-27(30)31/h5-6,8,10-12,14-18,20-21H,4,7,9,13,19H2,1-3H3,(H,30,31)/i20D. The highest BCUT2D eigenvalue weighted by Gasteiger charge is 2.21. The predicted octanol–water partition coefficient (Wildman–Crippen LogP) is 6.41. The maximum absolute atomic E-state index is 13.5. The van der Waals surface area contributed by atoms with E-state index in [2.05, 4.69) is 0 Å². The number of hydrogen-bond acceptors (Lipinski definition) is 4. The number of nitrogens with zero attached hydrogens (tertiary/aromatic N) is 1. The van der Waals surface area contributed by atoms with Crippen LogP contribution in [-0.2, 0) is 11.3 Å². The van der Waals surface area contributed by atoms with Crippen LogP contribution in [0.15, 0.2) is 71.3 Å². The average Bonchev–Trinajstić information content (AvgIpc) is 3.35. The largest absolute Gasteiger partial charge is 0.490 e. The van der Waals surface area contributed by atoms with Gasteiger partial charge in [0.1, 0.15) is 11.5 Å². The Kier molecular flexibility index (Phi) is 8.38. The molecule has 3 aromatic rings. The van der Waals surface area contributed by atoms with Crippen LogP contribution in [0.1, 0.15) is 63.7 Å². The van der Waals surface area contributed by atoms with Crippen LogP contribution in [0.5, 0.6) is 5.75 Å². The van der Waals surface area contributed by atoms with Gasteiger partial charge in [0.25, 0.3) is 5.91 Å². The molecule has 0 aliphatic heterocycles. The lowest BCUT2D eigenvalue weighted by molar-refractivity contribution is -0.137. The SMILES string of the molecule is [2H]C(C)(C)N(Cc1ccccc1OC(C)CCCCC(=O)O)C(=O)c1ccc(-c2ccco2)cc1. The van der Waals surface area contributed by atoms with Gasteiger partial charge in [0.15, 0.2) is 0 Å². The third-order valence-electron chi connectivity index (χ3n) is 5.60. The molecule has 0 spiro atoms. The summed E-state index contributed by atoms with van der Waals surface area (Å²) in [5.41, 5.74) is 2.18. The van der Waals surface area contributed by atoms with Crippen molar-refractivity contribution in [3.63, 3.8) is 0 Å². The van der Waals surface area contributed by atoms with Gasteiger partial charge in [-0.15, -0.1) is 0 Å². The van der Waals surface area contributed by atoms with Gasteiger partial charge in [0.05, 0.1) is 13.7 Å².